The topological polar surface area (TPSA) is 9.72 Å². The van der Waals surface area contributed by atoms with E-state index in [-0.39, 0.29) is 0 Å². The molecule has 0 N–H and O–H groups in total. The van der Waals surface area contributed by atoms with Crippen molar-refractivity contribution >= 4 is 0 Å². The van der Waals surface area contributed by atoms with E-state index < -0.39 is 5.67 Å². The zero-order valence-corrected chi connectivity index (χ0v) is 17.4. The van der Waals surface area contributed by atoms with Crippen LogP contribution in [0.15, 0.2) is 0 Å². The number of halogens is 1. The fraction of sp³-hybridized carbons (Fsp3) is 1.00. The first kappa shape index (κ1) is 19.1. The van der Waals surface area contributed by atoms with Crippen LogP contribution in [0.3, 0.4) is 0 Å². The van der Waals surface area contributed by atoms with Gasteiger partial charge in [-0.15, -0.1) is 0 Å². The fourth-order valence-corrected chi connectivity index (χ4v) is 5.88. The number of rotatable bonds is 8. The minimum absolute atomic E-state index is 0.630. The van der Waals surface area contributed by atoms with Crippen LogP contribution in [-0.2, 0) is 0 Å². The van der Waals surface area contributed by atoms with E-state index in [1.165, 1.54) is 51.7 Å². The Hall–Kier alpha value is -0.190. The average molecular weight is 366 g/mol. The van der Waals surface area contributed by atoms with Crippen molar-refractivity contribution in [2.75, 3.05) is 45.8 Å². The van der Waals surface area contributed by atoms with Gasteiger partial charge in [0, 0.05) is 51.4 Å². The molecule has 5 aliphatic rings. The lowest BCUT2D eigenvalue weighted by molar-refractivity contribution is -0.107. The van der Waals surface area contributed by atoms with Crippen molar-refractivity contribution in [1.29, 1.82) is 0 Å². The molecular weight excluding hydrogens is 325 g/mol. The highest BCUT2D eigenvalue weighted by atomic mass is 19.1. The van der Waals surface area contributed by atoms with Gasteiger partial charge < -0.3 is 4.90 Å². The molecule has 4 aliphatic heterocycles. The van der Waals surface area contributed by atoms with E-state index in [1.54, 1.807) is 0 Å². The maximum Gasteiger partial charge on any atom is 0.126 e. The molecule has 0 aromatic heterocycles. The molecule has 0 aromatic rings. The summed E-state index contributed by atoms with van der Waals surface area (Å²) in [6.45, 7) is 14.3. The zero-order valence-electron chi connectivity index (χ0n) is 17.4. The highest BCUT2D eigenvalue weighted by molar-refractivity contribution is 5.06. The first-order valence-corrected chi connectivity index (χ1v) is 11.3. The molecule has 5 fully saturated rings. The van der Waals surface area contributed by atoms with Crippen molar-refractivity contribution in [2.24, 2.45) is 11.3 Å². The van der Waals surface area contributed by atoms with E-state index in [0.29, 0.717) is 24.0 Å². The van der Waals surface area contributed by atoms with Crippen LogP contribution in [0.5, 0.6) is 0 Å². The highest BCUT2D eigenvalue weighted by Crippen LogP contribution is 2.52. The standard InChI is InChI=1S/C22H40FN3/c1-4-18(3)13-21(6-7-21)16-25-14-19-12-20(15-25)26(19)17-22(23)8-10-24(5-2)11-9-22/h18-20H,4-17H2,1-3H3. The molecular formula is C22H40FN3. The van der Waals surface area contributed by atoms with Gasteiger partial charge in [0.25, 0.3) is 0 Å². The molecule has 3 unspecified atom stereocenters. The summed E-state index contributed by atoms with van der Waals surface area (Å²) in [5.41, 5.74) is -0.294. The molecule has 0 spiro atoms. The van der Waals surface area contributed by atoms with Crippen LogP contribution in [0, 0.1) is 11.3 Å². The van der Waals surface area contributed by atoms with Crippen LogP contribution in [0.4, 0.5) is 4.39 Å². The third-order valence-electron chi connectivity index (χ3n) is 8.08. The Morgan fingerprint density at radius 2 is 1.62 bits per heavy atom. The molecule has 150 valence electrons. The monoisotopic (exact) mass is 365 g/mol. The predicted octanol–water partition coefficient (Wildman–Crippen LogP) is 3.79. The van der Waals surface area contributed by atoms with Crippen LogP contribution in [0.25, 0.3) is 0 Å². The van der Waals surface area contributed by atoms with Gasteiger partial charge in [0.05, 0.1) is 0 Å². The Morgan fingerprint density at radius 1 is 0.962 bits per heavy atom. The number of nitrogens with zero attached hydrogens (tertiary/aromatic N) is 3. The van der Waals surface area contributed by atoms with Crippen molar-refractivity contribution in [3.05, 3.63) is 0 Å². The lowest BCUT2D eigenvalue weighted by Crippen LogP contribution is -2.71. The minimum Gasteiger partial charge on any atom is -0.303 e. The molecule has 0 aromatic carbocycles. The summed E-state index contributed by atoms with van der Waals surface area (Å²) in [6, 6.07) is 1.26. The molecule has 0 radical (unpaired) electrons. The van der Waals surface area contributed by atoms with Crippen LogP contribution >= 0.6 is 0 Å². The van der Waals surface area contributed by atoms with E-state index in [4.69, 9.17) is 0 Å². The summed E-state index contributed by atoms with van der Waals surface area (Å²) < 4.78 is 15.3. The van der Waals surface area contributed by atoms with E-state index in [2.05, 4.69) is 35.5 Å². The molecule has 5 rings (SSSR count). The molecule has 3 atom stereocenters. The third kappa shape index (κ3) is 3.98. The lowest BCUT2D eigenvalue weighted by Gasteiger charge is -2.58. The van der Waals surface area contributed by atoms with Gasteiger partial charge in [-0.05, 0) is 56.4 Å². The lowest BCUT2D eigenvalue weighted by atomic mass is 9.82. The second kappa shape index (κ2) is 7.33. The molecule has 26 heavy (non-hydrogen) atoms. The first-order chi connectivity index (χ1) is 12.4. The Kier molecular flexibility index (Phi) is 5.39. The summed E-state index contributed by atoms with van der Waals surface area (Å²) in [7, 11) is 0. The number of likely N-dealkylation sites (tertiary alicyclic amines) is 1. The van der Waals surface area contributed by atoms with Crippen LogP contribution in [0.1, 0.15) is 65.7 Å². The predicted molar refractivity (Wildman–Crippen MR) is 106 cm³/mol. The van der Waals surface area contributed by atoms with Gasteiger partial charge in [-0.2, -0.15) is 0 Å². The summed E-state index contributed by atoms with van der Waals surface area (Å²) >= 11 is 0. The SMILES string of the molecule is CCC(C)CC1(CN2CC3CC(C2)N3CC2(F)CCN(CC)CC2)CC1. The average Bonchev–Trinajstić information content (AvgIpc) is 3.39. The Balaban J connectivity index is 1.25. The molecule has 4 saturated heterocycles. The maximum atomic E-state index is 15.3. The van der Waals surface area contributed by atoms with Crippen molar-refractivity contribution in [3.8, 4) is 0 Å². The first-order valence-electron chi connectivity index (χ1n) is 11.3. The van der Waals surface area contributed by atoms with E-state index in [0.717, 1.165) is 38.4 Å². The number of hydrogen-bond donors (Lipinski definition) is 0. The Bertz CT molecular complexity index is 472. The summed E-state index contributed by atoms with van der Waals surface area (Å²) in [4.78, 5) is 7.66. The van der Waals surface area contributed by atoms with Gasteiger partial charge in [-0.3, -0.25) is 9.80 Å². The normalized spacial score (nSPS) is 35.1. The van der Waals surface area contributed by atoms with Crippen molar-refractivity contribution < 1.29 is 4.39 Å². The Labute approximate surface area is 160 Å². The summed E-state index contributed by atoms with van der Waals surface area (Å²) in [6.07, 6.45) is 8.39. The molecule has 4 heterocycles. The van der Waals surface area contributed by atoms with Gasteiger partial charge in [-0.1, -0.05) is 27.2 Å². The number of alkyl halides is 1. The smallest absolute Gasteiger partial charge is 0.126 e. The summed E-state index contributed by atoms with van der Waals surface area (Å²) in [5, 5.41) is 0. The molecule has 3 nitrogen and oxygen atoms in total. The second-order valence-corrected chi connectivity index (χ2v) is 10.2. The van der Waals surface area contributed by atoms with Gasteiger partial charge >= 0.3 is 0 Å². The molecule has 1 saturated carbocycles. The van der Waals surface area contributed by atoms with Crippen LogP contribution < -0.4 is 0 Å². The number of hydrogen-bond acceptors (Lipinski definition) is 3. The van der Waals surface area contributed by atoms with Crippen LogP contribution in [0.2, 0.25) is 0 Å². The van der Waals surface area contributed by atoms with E-state index >= 15 is 4.39 Å². The zero-order chi connectivity index (χ0) is 18.4. The molecule has 1 aliphatic carbocycles. The highest BCUT2D eigenvalue weighted by Gasteiger charge is 2.51. The largest absolute Gasteiger partial charge is 0.303 e. The Morgan fingerprint density at radius 3 is 2.15 bits per heavy atom. The second-order valence-electron chi connectivity index (χ2n) is 10.2. The van der Waals surface area contributed by atoms with E-state index in [1.807, 2.05) is 0 Å². The minimum atomic E-state index is -0.932. The van der Waals surface area contributed by atoms with Crippen LogP contribution in [-0.4, -0.2) is 78.3 Å². The van der Waals surface area contributed by atoms with Gasteiger partial charge in [0.15, 0.2) is 0 Å². The van der Waals surface area contributed by atoms with Crippen molar-refractivity contribution in [2.45, 2.75) is 83.5 Å². The number of piperazine rings is 1. The number of piperidine rings is 2. The quantitative estimate of drug-likeness (QED) is 0.648. The maximum absolute atomic E-state index is 15.3. The summed E-state index contributed by atoms with van der Waals surface area (Å²) in [5.74, 6) is 0.869. The van der Waals surface area contributed by atoms with E-state index in [9.17, 15) is 0 Å². The van der Waals surface area contributed by atoms with Gasteiger partial charge in [0.2, 0.25) is 0 Å². The third-order valence-corrected chi connectivity index (χ3v) is 8.08. The van der Waals surface area contributed by atoms with Crippen molar-refractivity contribution in [3.63, 3.8) is 0 Å². The molecule has 4 heteroatoms. The molecule has 0 amide bonds. The molecule has 2 bridgehead atoms. The fourth-order valence-electron chi connectivity index (χ4n) is 5.88. The van der Waals surface area contributed by atoms with Crippen molar-refractivity contribution in [1.82, 2.24) is 14.7 Å². The van der Waals surface area contributed by atoms with Gasteiger partial charge in [-0.25, -0.2) is 4.39 Å². The van der Waals surface area contributed by atoms with Gasteiger partial charge in [0.1, 0.15) is 5.67 Å². The number of fused-ring (bicyclic) bond motifs is 2.